The molecule has 2 atom stereocenters. The zero-order valence-corrected chi connectivity index (χ0v) is 26.7. The Labute approximate surface area is 256 Å². The zero-order valence-electron chi connectivity index (χ0n) is 22.7. The molecule has 0 spiro atoms. The fourth-order valence-corrected chi connectivity index (χ4v) is 10.9. The van der Waals surface area contributed by atoms with Gasteiger partial charge in [0.15, 0.2) is 0 Å². The predicted octanol–water partition coefficient (Wildman–Crippen LogP) is 2.70. The van der Waals surface area contributed by atoms with Crippen LogP contribution in [0.1, 0.15) is 91.6 Å². The molecule has 0 saturated carbocycles. The van der Waals surface area contributed by atoms with Crippen molar-refractivity contribution in [1.82, 2.24) is 9.97 Å². The number of fused-ring (bicyclic) bond motifs is 2. The molecule has 0 fully saturated rings. The molecule has 2 aromatic heterocycles. The summed E-state index contributed by atoms with van der Waals surface area (Å²) in [5, 5.41) is 0. The molecule has 196 valence electrons. The van der Waals surface area contributed by atoms with Gasteiger partial charge in [0.1, 0.15) is 0 Å². The molecule has 2 heterocycles. The van der Waals surface area contributed by atoms with Crippen molar-refractivity contribution in [2.24, 2.45) is 0 Å². The Bertz CT molecular complexity index is 1400. The summed E-state index contributed by atoms with van der Waals surface area (Å²) < 4.78 is 0.885. The van der Waals surface area contributed by atoms with E-state index in [9.17, 15) is 0 Å². The summed E-state index contributed by atoms with van der Waals surface area (Å²) in [6.45, 7) is 9.22. The first-order valence-electron chi connectivity index (χ1n) is 13.3. The van der Waals surface area contributed by atoms with Crippen molar-refractivity contribution in [2.45, 2.75) is 46.8 Å². The van der Waals surface area contributed by atoms with Gasteiger partial charge < -0.3 is 24.8 Å². The second kappa shape index (κ2) is 12.5. The van der Waals surface area contributed by atoms with Gasteiger partial charge in [0.05, 0.1) is 0 Å². The molecule has 2 nitrogen and oxygen atoms in total. The van der Waals surface area contributed by atoms with Gasteiger partial charge in [-0.15, -0.1) is 0 Å². The van der Waals surface area contributed by atoms with E-state index in [-0.39, 0.29) is 24.8 Å². The molecule has 5 heteroatoms. The van der Waals surface area contributed by atoms with Crippen LogP contribution in [0.15, 0.2) is 85.2 Å². The normalized spacial score (nSPS) is 17.0. The second-order valence-electron chi connectivity index (χ2n) is 10.7. The van der Waals surface area contributed by atoms with Crippen LogP contribution < -0.4 is 24.8 Å². The van der Waals surface area contributed by atoms with Crippen LogP contribution in [-0.2, 0) is 23.2 Å². The average molecular weight is 631 g/mol. The smallest absolute Gasteiger partial charge is 1.00 e. The fourth-order valence-electron chi connectivity index (χ4n) is 5.90. The van der Waals surface area contributed by atoms with Crippen LogP contribution in [0.5, 0.6) is 0 Å². The molecule has 0 amide bonds. The largest absolute Gasteiger partial charge is 1.00 e. The van der Waals surface area contributed by atoms with Crippen LogP contribution in [0.4, 0.5) is 0 Å². The minimum Gasteiger partial charge on any atom is -1.00 e. The third-order valence-electron chi connectivity index (χ3n) is 7.69. The minimum atomic E-state index is -1.12. The third kappa shape index (κ3) is 5.51. The average Bonchev–Trinajstić information content (AvgIpc) is 3.48. The summed E-state index contributed by atoms with van der Waals surface area (Å²) in [5.41, 5.74) is 13.8. The first-order valence-corrected chi connectivity index (χ1v) is 16.1. The maximum Gasteiger partial charge on any atom is -1.00 e. The molecule has 39 heavy (non-hydrogen) atoms. The van der Waals surface area contributed by atoms with E-state index < -0.39 is 23.2 Å². The van der Waals surface area contributed by atoms with Crippen molar-refractivity contribution in [2.75, 3.05) is 0 Å². The van der Waals surface area contributed by atoms with E-state index in [0.29, 0.717) is 19.1 Å². The number of pyridine rings is 2. The first-order chi connectivity index (χ1) is 18.0. The van der Waals surface area contributed by atoms with Crippen molar-refractivity contribution >= 4 is 23.3 Å². The van der Waals surface area contributed by atoms with Gasteiger partial charge in [-0.3, -0.25) is 0 Å². The quantitative estimate of drug-likeness (QED) is 0.328. The summed E-state index contributed by atoms with van der Waals surface area (Å²) in [6.07, 6.45) is 8.79. The molecular formula is C34H32Cl2N2Zr. The van der Waals surface area contributed by atoms with Crippen molar-refractivity contribution in [3.63, 3.8) is 0 Å². The number of hydrogen-bond acceptors (Lipinski definition) is 2. The molecule has 2 aliphatic carbocycles. The van der Waals surface area contributed by atoms with Gasteiger partial charge in [-0.2, -0.15) is 0 Å². The van der Waals surface area contributed by atoms with E-state index in [4.69, 9.17) is 9.97 Å². The van der Waals surface area contributed by atoms with Crippen LogP contribution in [0.2, 0.25) is 0 Å². The number of hydrogen-bond donors (Lipinski definition) is 0. The van der Waals surface area contributed by atoms with Crippen molar-refractivity contribution in [1.29, 1.82) is 0 Å². The Morgan fingerprint density at radius 2 is 1.00 bits per heavy atom. The number of halogens is 2. The maximum atomic E-state index is 4.83. The molecule has 0 saturated heterocycles. The Balaban J connectivity index is 0.00000176. The van der Waals surface area contributed by atoms with Gasteiger partial charge >= 0.3 is 233 Å². The van der Waals surface area contributed by atoms with E-state index in [0.717, 1.165) is 11.4 Å². The molecule has 6 rings (SSSR count). The van der Waals surface area contributed by atoms with E-state index in [2.05, 4.69) is 101 Å². The summed E-state index contributed by atoms with van der Waals surface area (Å²) in [4.78, 5) is 9.67. The van der Waals surface area contributed by atoms with Crippen molar-refractivity contribution < 1.29 is 48.0 Å². The van der Waals surface area contributed by atoms with Crippen LogP contribution in [0.3, 0.4) is 0 Å². The first kappa shape index (κ1) is 29.7. The Morgan fingerprint density at radius 3 is 1.36 bits per heavy atom. The van der Waals surface area contributed by atoms with Crippen molar-refractivity contribution in [3.8, 4) is 0 Å². The molecule has 4 aromatic rings. The van der Waals surface area contributed by atoms with Crippen LogP contribution >= 0.6 is 0 Å². The van der Waals surface area contributed by atoms with Gasteiger partial charge in [-0.05, 0) is 0 Å². The van der Waals surface area contributed by atoms with Gasteiger partial charge in [0.25, 0.3) is 0 Å². The standard InChI is InChI=1S/2C17H16N.2ClH.Zr/c2*1-12(2)15-7-5-6-13-10-14(11-16(13)15)17-8-3-4-9-18-17;;;/h2*3-12H,1-2H3;2*1H;/q;;;;+2/p-2. The SMILES string of the molecule is CC(C)c1cccc2c1C=C(c1ccccn1)[CH]2[Zr+2][CH]1C(c2ccccn2)=Cc2c(C(C)C)cccc21.[Cl-].[Cl-]. The molecule has 2 aromatic carbocycles. The molecule has 0 N–H and O–H groups in total. The molecule has 0 radical (unpaired) electrons. The molecule has 2 unspecified atom stereocenters. The summed E-state index contributed by atoms with van der Waals surface area (Å²) >= 11 is -1.12. The maximum absolute atomic E-state index is 4.83. The summed E-state index contributed by atoms with van der Waals surface area (Å²) in [6, 6.07) is 26.6. The molecular weight excluding hydrogens is 599 g/mol. The molecule has 0 aliphatic heterocycles. The Morgan fingerprint density at radius 1 is 0.564 bits per heavy atom. The molecule has 2 aliphatic rings. The minimum absolute atomic E-state index is 0. The van der Waals surface area contributed by atoms with Crippen LogP contribution in [0.25, 0.3) is 23.3 Å². The molecule has 0 bridgehead atoms. The van der Waals surface area contributed by atoms with Gasteiger partial charge in [-0.1, -0.05) is 0 Å². The van der Waals surface area contributed by atoms with E-state index in [1.54, 1.807) is 0 Å². The van der Waals surface area contributed by atoms with Gasteiger partial charge in [0, 0.05) is 0 Å². The van der Waals surface area contributed by atoms with E-state index in [1.165, 1.54) is 44.5 Å². The number of nitrogens with zero attached hydrogens (tertiary/aromatic N) is 2. The number of aromatic nitrogens is 2. The third-order valence-corrected chi connectivity index (χ3v) is 12.4. The summed E-state index contributed by atoms with van der Waals surface area (Å²) in [7, 11) is 0. The van der Waals surface area contributed by atoms with Crippen LogP contribution in [0, 0.1) is 0 Å². The zero-order chi connectivity index (χ0) is 25.5. The second-order valence-corrected chi connectivity index (χ2v) is 14.3. The predicted molar refractivity (Wildman–Crippen MR) is 151 cm³/mol. The van der Waals surface area contributed by atoms with Gasteiger partial charge in [0.2, 0.25) is 0 Å². The summed E-state index contributed by atoms with van der Waals surface area (Å²) in [5.74, 6) is 0.982. The van der Waals surface area contributed by atoms with E-state index >= 15 is 0 Å². The van der Waals surface area contributed by atoms with E-state index in [1.807, 2.05) is 24.5 Å². The number of rotatable bonds is 6. The monoisotopic (exact) mass is 628 g/mol. The Kier molecular flexibility index (Phi) is 9.48. The topological polar surface area (TPSA) is 25.8 Å². The van der Waals surface area contributed by atoms with Crippen molar-refractivity contribution in [3.05, 3.63) is 130 Å². The fraction of sp³-hybridized carbons (Fsp3) is 0.235. The number of benzene rings is 2. The number of allylic oxidation sites excluding steroid dienone is 2. The Hall–Kier alpha value is -2.32. The van der Waals surface area contributed by atoms with Crippen LogP contribution in [-0.4, -0.2) is 9.97 Å². The van der Waals surface area contributed by atoms with Gasteiger partial charge in [-0.25, -0.2) is 0 Å².